The Morgan fingerprint density at radius 1 is 1.24 bits per heavy atom. The van der Waals surface area contributed by atoms with Gasteiger partial charge in [0.1, 0.15) is 17.3 Å². The van der Waals surface area contributed by atoms with Crippen molar-refractivity contribution in [2.45, 2.75) is 26.4 Å². The van der Waals surface area contributed by atoms with Gasteiger partial charge in [0.15, 0.2) is 0 Å². The van der Waals surface area contributed by atoms with Gasteiger partial charge in [0.2, 0.25) is 0 Å². The third kappa shape index (κ3) is 4.84. The van der Waals surface area contributed by atoms with Gasteiger partial charge in [-0.2, -0.15) is 0 Å². The van der Waals surface area contributed by atoms with Crippen LogP contribution in [0.4, 0.5) is 5.69 Å². The van der Waals surface area contributed by atoms with E-state index in [4.69, 9.17) is 9.15 Å². The highest BCUT2D eigenvalue weighted by molar-refractivity contribution is 6.39. The first-order valence-corrected chi connectivity index (χ1v) is 7.89. The topological polar surface area (TPSA) is 101 Å². The van der Waals surface area contributed by atoms with E-state index in [1.54, 1.807) is 44.2 Å². The quantitative estimate of drug-likeness (QED) is 0.695. The van der Waals surface area contributed by atoms with Gasteiger partial charge in [0, 0.05) is 12.1 Å². The molecule has 2 aromatic rings. The lowest BCUT2D eigenvalue weighted by molar-refractivity contribution is -0.136. The number of hydrogen-bond donors (Lipinski definition) is 3. The molecule has 7 heteroatoms. The minimum absolute atomic E-state index is 0.156. The summed E-state index contributed by atoms with van der Waals surface area (Å²) >= 11 is 0. The molecule has 0 saturated heterocycles. The number of furan rings is 1. The predicted octanol–water partition coefficient (Wildman–Crippen LogP) is 2.08. The molecule has 3 N–H and O–H groups in total. The van der Waals surface area contributed by atoms with Gasteiger partial charge >= 0.3 is 11.8 Å². The van der Waals surface area contributed by atoms with Crippen LogP contribution >= 0.6 is 0 Å². The zero-order valence-corrected chi connectivity index (χ0v) is 14.5. The number of ether oxygens (including phenoxy) is 1. The molecule has 1 aromatic heterocycles. The molecule has 7 nitrogen and oxygen atoms in total. The Balaban J connectivity index is 1.83. The maximum absolute atomic E-state index is 11.9. The van der Waals surface area contributed by atoms with Crippen molar-refractivity contribution in [1.29, 1.82) is 0 Å². The Hall–Kier alpha value is -2.80. The number of aliphatic hydroxyl groups is 1. The second kappa shape index (κ2) is 8.34. The first-order chi connectivity index (χ1) is 11.9. The first kappa shape index (κ1) is 18.5. The minimum Gasteiger partial charge on any atom is -0.495 e. The number of rotatable bonds is 6. The monoisotopic (exact) mass is 346 g/mol. The minimum atomic E-state index is -0.797. The number of nitrogens with one attached hydrogen (secondary N) is 2. The van der Waals surface area contributed by atoms with Crippen LogP contribution in [0.1, 0.15) is 29.6 Å². The van der Waals surface area contributed by atoms with Crippen LogP contribution in [0.2, 0.25) is 0 Å². The van der Waals surface area contributed by atoms with Crippen LogP contribution in [0, 0.1) is 13.8 Å². The van der Waals surface area contributed by atoms with Crippen molar-refractivity contribution in [3.8, 4) is 5.75 Å². The number of aryl methyl sites for hydroxylation is 2. The van der Waals surface area contributed by atoms with Crippen LogP contribution in [0.25, 0.3) is 0 Å². The van der Waals surface area contributed by atoms with E-state index in [1.807, 2.05) is 0 Å². The normalized spacial score (nSPS) is 11.7. The first-order valence-electron chi connectivity index (χ1n) is 7.89. The van der Waals surface area contributed by atoms with Gasteiger partial charge in [-0.3, -0.25) is 9.59 Å². The predicted molar refractivity (Wildman–Crippen MR) is 92.4 cm³/mol. The summed E-state index contributed by atoms with van der Waals surface area (Å²) < 4.78 is 10.5. The van der Waals surface area contributed by atoms with E-state index < -0.39 is 17.9 Å². The number of aliphatic hydroxyl groups excluding tert-OH is 1. The van der Waals surface area contributed by atoms with Gasteiger partial charge in [-0.25, -0.2) is 0 Å². The van der Waals surface area contributed by atoms with E-state index in [0.717, 1.165) is 0 Å². The Bertz CT molecular complexity index is 754. The highest BCUT2D eigenvalue weighted by Gasteiger charge is 2.18. The molecule has 0 aliphatic heterocycles. The number of para-hydroxylation sites is 2. The molecule has 0 aliphatic carbocycles. The fraction of sp³-hybridized carbons (Fsp3) is 0.333. The molecule has 0 spiro atoms. The SMILES string of the molecule is COc1ccccc1NC(=O)C(=O)NCCC(O)c1cc(C)oc1C. The van der Waals surface area contributed by atoms with E-state index in [1.165, 1.54) is 7.11 Å². The highest BCUT2D eigenvalue weighted by atomic mass is 16.5. The van der Waals surface area contributed by atoms with Crippen molar-refractivity contribution in [2.75, 3.05) is 19.0 Å². The van der Waals surface area contributed by atoms with Crippen LogP contribution in [-0.2, 0) is 9.59 Å². The summed E-state index contributed by atoms with van der Waals surface area (Å²) in [5, 5.41) is 15.1. The van der Waals surface area contributed by atoms with Crippen LogP contribution in [0.5, 0.6) is 5.75 Å². The lowest BCUT2D eigenvalue weighted by Gasteiger charge is -2.11. The average molecular weight is 346 g/mol. The molecular formula is C18H22N2O5. The van der Waals surface area contributed by atoms with Crippen molar-refractivity contribution in [3.63, 3.8) is 0 Å². The zero-order chi connectivity index (χ0) is 18.4. The largest absolute Gasteiger partial charge is 0.495 e. The third-order valence-electron chi connectivity index (χ3n) is 3.70. The van der Waals surface area contributed by atoms with E-state index in [9.17, 15) is 14.7 Å². The van der Waals surface area contributed by atoms with Gasteiger partial charge in [-0.15, -0.1) is 0 Å². The maximum atomic E-state index is 11.9. The molecule has 1 heterocycles. The van der Waals surface area contributed by atoms with Crippen molar-refractivity contribution in [3.05, 3.63) is 47.4 Å². The van der Waals surface area contributed by atoms with Crippen LogP contribution < -0.4 is 15.4 Å². The molecule has 1 atom stereocenters. The van der Waals surface area contributed by atoms with Gasteiger partial charge in [0.25, 0.3) is 0 Å². The Morgan fingerprint density at radius 3 is 2.60 bits per heavy atom. The number of hydrogen-bond acceptors (Lipinski definition) is 5. The summed E-state index contributed by atoms with van der Waals surface area (Å²) in [4.78, 5) is 23.8. The van der Waals surface area contributed by atoms with Crippen LogP contribution in [0.3, 0.4) is 0 Å². The second-order valence-electron chi connectivity index (χ2n) is 5.58. The lowest BCUT2D eigenvalue weighted by atomic mass is 10.1. The summed E-state index contributed by atoms with van der Waals surface area (Å²) in [5.41, 5.74) is 1.10. The molecule has 25 heavy (non-hydrogen) atoms. The van der Waals surface area contributed by atoms with Gasteiger partial charge in [-0.05, 0) is 38.5 Å². The van der Waals surface area contributed by atoms with Gasteiger partial charge < -0.3 is 24.9 Å². The molecule has 0 bridgehead atoms. The van der Waals surface area contributed by atoms with Gasteiger partial charge in [-0.1, -0.05) is 12.1 Å². The fourth-order valence-corrected chi connectivity index (χ4v) is 2.47. The molecule has 2 amide bonds. The number of methoxy groups -OCH3 is 1. The van der Waals surface area contributed by atoms with Crippen molar-refractivity contribution in [1.82, 2.24) is 5.32 Å². The molecule has 1 aromatic carbocycles. The molecule has 0 radical (unpaired) electrons. The molecule has 2 rings (SSSR count). The molecule has 0 aliphatic rings. The Morgan fingerprint density at radius 2 is 1.96 bits per heavy atom. The van der Waals surface area contributed by atoms with Gasteiger partial charge in [0.05, 0.1) is 18.9 Å². The maximum Gasteiger partial charge on any atom is 0.313 e. The number of carbonyl (C=O) groups is 2. The number of benzene rings is 1. The fourth-order valence-electron chi connectivity index (χ4n) is 2.47. The Kier molecular flexibility index (Phi) is 6.19. The van der Waals surface area contributed by atoms with E-state index in [0.29, 0.717) is 28.5 Å². The number of amides is 2. The smallest absolute Gasteiger partial charge is 0.313 e. The van der Waals surface area contributed by atoms with Crippen LogP contribution in [-0.4, -0.2) is 30.6 Å². The zero-order valence-electron chi connectivity index (χ0n) is 14.5. The summed E-state index contributed by atoms with van der Waals surface area (Å²) in [6, 6.07) is 8.56. The average Bonchev–Trinajstić information content (AvgIpc) is 2.93. The third-order valence-corrected chi connectivity index (χ3v) is 3.70. The number of carbonyl (C=O) groups excluding carboxylic acids is 2. The van der Waals surface area contributed by atoms with E-state index in [2.05, 4.69) is 10.6 Å². The standard InChI is InChI=1S/C18H22N2O5/c1-11-10-13(12(2)25-11)15(21)8-9-19-17(22)18(23)20-14-6-4-5-7-16(14)24-3/h4-7,10,15,21H,8-9H2,1-3H3,(H,19,22)(H,20,23). The summed E-state index contributed by atoms with van der Waals surface area (Å²) in [5.74, 6) is 0.245. The molecular weight excluding hydrogens is 324 g/mol. The van der Waals surface area contributed by atoms with Crippen LogP contribution in [0.15, 0.2) is 34.7 Å². The summed E-state index contributed by atoms with van der Waals surface area (Å²) in [6.07, 6.45) is -0.497. The molecule has 1 unspecified atom stereocenters. The lowest BCUT2D eigenvalue weighted by Crippen LogP contribution is -2.36. The highest BCUT2D eigenvalue weighted by Crippen LogP contribution is 2.24. The number of anilines is 1. The van der Waals surface area contributed by atoms with E-state index in [-0.39, 0.29) is 13.0 Å². The second-order valence-corrected chi connectivity index (χ2v) is 5.58. The summed E-state index contributed by atoms with van der Waals surface area (Å²) in [6.45, 7) is 3.72. The Labute approximate surface area is 146 Å². The molecule has 134 valence electrons. The molecule has 0 saturated carbocycles. The van der Waals surface area contributed by atoms with Crippen molar-refractivity contribution < 1.29 is 23.8 Å². The summed E-state index contributed by atoms with van der Waals surface area (Å²) in [7, 11) is 1.48. The van der Waals surface area contributed by atoms with E-state index >= 15 is 0 Å². The van der Waals surface area contributed by atoms with Crippen molar-refractivity contribution >= 4 is 17.5 Å². The van der Waals surface area contributed by atoms with Crippen molar-refractivity contribution in [2.24, 2.45) is 0 Å². The molecule has 0 fully saturated rings.